The maximum Gasteiger partial charge on any atom is 0.176 e. The lowest BCUT2D eigenvalue weighted by atomic mass is 9.97. The van der Waals surface area contributed by atoms with Crippen LogP contribution in [0.3, 0.4) is 0 Å². The van der Waals surface area contributed by atoms with Crippen LogP contribution in [0.2, 0.25) is 0 Å². The molecule has 6 nitrogen and oxygen atoms in total. The SMILES string of the molecule is COc1ccccc1C(=O)CSc1nc(N)c(C#N)c(-c2ccccc2)c1C#N. The van der Waals surface area contributed by atoms with E-state index in [0.29, 0.717) is 27.5 Å². The van der Waals surface area contributed by atoms with Crippen LogP contribution in [0.25, 0.3) is 11.1 Å². The maximum atomic E-state index is 12.7. The topological polar surface area (TPSA) is 113 Å². The summed E-state index contributed by atoms with van der Waals surface area (Å²) < 4.78 is 5.24. The van der Waals surface area contributed by atoms with Crippen LogP contribution in [0.5, 0.6) is 5.75 Å². The molecule has 0 unspecified atom stereocenters. The Bertz CT molecular complexity index is 1150. The van der Waals surface area contributed by atoms with Crippen molar-refractivity contribution < 1.29 is 9.53 Å². The number of nitriles is 2. The van der Waals surface area contributed by atoms with Crippen molar-refractivity contribution in [3.05, 3.63) is 71.3 Å². The molecule has 0 saturated carbocycles. The van der Waals surface area contributed by atoms with Gasteiger partial charge in [0.2, 0.25) is 0 Å². The molecule has 0 atom stereocenters. The predicted octanol–water partition coefficient (Wildman–Crippen LogP) is 4.06. The Kier molecular flexibility index (Phi) is 6.13. The Morgan fingerprint density at radius 1 is 1.07 bits per heavy atom. The molecule has 29 heavy (non-hydrogen) atoms. The average Bonchev–Trinajstić information content (AvgIpc) is 2.77. The number of benzene rings is 2. The number of para-hydroxylation sites is 1. The zero-order valence-corrected chi connectivity index (χ0v) is 16.4. The van der Waals surface area contributed by atoms with Gasteiger partial charge in [-0.1, -0.05) is 54.2 Å². The number of nitrogens with two attached hydrogens (primary N) is 1. The Hall–Kier alpha value is -3.81. The van der Waals surface area contributed by atoms with Gasteiger partial charge in [-0.25, -0.2) is 4.98 Å². The number of ether oxygens (including phenoxy) is 1. The molecule has 1 aromatic heterocycles. The molecule has 0 saturated heterocycles. The second kappa shape index (κ2) is 8.92. The van der Waals surface area contributed by atoms with Crippen molar-refractivity contribution >= 4 is 23.4 Å². The second-order valence-corrected chi connectivity index (χ2v) is 6.89. The van der Waals surface area contributed by atoms with Crippen molar-refractivity contribution in [1.29, 1.82) is 10.5 Å². The molecule has 142 valence electrons. The minimum Gasteiger partial charge on any atom is -0.496 e. The maximum absolute atomic E-state index is 12.7. The minimum atomic E-state index is -0.165. The van der Waals surface area contributed by atoms with Crippen LogP contribution < -0.4 is 10.5 Å². The quantitative estimate of drug-likeness (QED) is 0.490. The van der Waals surface area contributed by atoms with Crippen LogP contribution in [0.4, 0.5) is 5.82 Å². The first-order valence-electron chi connectivity index (χ1n) is 8.58. The van der Waals surface area contributed by atoms with Crippen LogP contribution in [0, 0.1) is 22.7 Å². The molecule has 0 spiro atoms. The van der Waals surface area contributed by atoms with Gasteiger partial charge < -0.3 is 10.5 Å². The first-order valence-corrected chi connectivity index (χ1v) is 9.57. The largest absolute Gasteiger partial charge is 0.496 e. The van der Waals surface area contributed by atoms with Gasteiger partial charge in [-0.15, -0.1) is 0 Å². The third kappa shape index (κ3) is 4.06. The highest BCUT2D eigenvalue weighted by molar-refractivity contribution is 8.00. The molecule has 0 aliphatic carbocycles. The Morgan fingerprint density at radius 3 is 2.38 bits per heavy atom. The average molecular weight is 400 g/mol. The summed E-state index contributed by atoms with van der Waals surface area (Å²) in [5.74, 6) is 0.387. The molecular weight excluding hydrogens is 384 g/mol. The van der Waals surface area contributed by atoms with E-state index in [1.165, 1.54) is 7.11 Å². The van der Waals surface area contributed by atoms with Crippen molar-refractivity contribution in [1.82, 2.24) is 4.98 Å². The number of nitrogen functional groups attached to an aromatic ring is 1. The number of hydrogen-bond acceptors (Lipinski definition) is 7. The number of ketones is 1. The molecule has 2 aromatic carbocycles. The predicted molar refractivity (Wildman–Crippen MR) is 112 cm³/mol. The molecule has 3 rings (SSSR count). The number of thioether (sulfide) groups is 1. The number of aromatic nitrogens is 1. The van der Waals surface area contributed by atoms with E-state index in [4.69, 9.17) is 10.5 Å². The zero-order valence-electron chi connectivity index (χ0n) is 15.5. The fraction of sp³-hybridized carbons (Fsp3) is 0.0909. The number of rotatable bonds is 6. The standard InChI is InChI=1S/C22H16N4O2S/c1-28-19-10-6-5-9-15(19)18(27)13-29-22-17(12-24)20(14-7-3-2-4-8-14)16(11-23)21(25)26-22/h2-10H,13H2,1H3,(H2,25,26). The molecule has 0 amide bonds. The van der Waals surface area contributed by atoms with E-state index in [1.54, 1.807) is 36.4 Å². The molecule has 0 aliphatic rings. The molecule has 3 aromatic rings. The van der Waals surface area contributed by atoms with Crippen LogP contribution in [-0.2, 0) is 0 Å². The summed E-state index contributed by atoms with van der Waals surface area (Å²) in [7, 11) is 1.50. The summed E-state index contributed by atoms with van der Waals surface area (Å²) in [5, 5.41) is 19.6. The number of nitrogens with zero attached hydrogens (tertiary/aromatic N) is 3. The van der Waals surface area contributed by atoms with Gasteiger partial charge in [-0.2, -0.15) is 10.5 Å². The van der Waals surface area contributed by atoms with E-state index in [0.717, 1.165) is 11.8 Å². The molecule has 2 N–H and O–H groups in total. The normalized spacial score (nSPS) is 10.0. The van der Waals surface area contributed by atoms with E-state index >= 15 is 0 Å². The summed E-state index contributed by atoms with van der Waals surface area (Å²) in [6, 6.07) is 20.2. The number of anilines is 1. The second-order valence-electron chi connectivity index (χ2n) is 5.93. The lowest BCUT2D eigenvalue weighted by Crippen LogP contribution is -2.07. The first kappa shape index (κ1) is 19.9. The molecule has 0 fully saturated rings. The van der Waals surface area contributed by atoms with E-state index in [-0.39, 0.29) is 28.5 Å². The van der Waals surface area contributed by atoms with Crippen molar-refractivity contribution in [2.75, 3.05) is 18.6 Å². The van der Waals surface area contributed by atoms with E-state index in [1.807, 2.05) is 24.3 Å². The highest BCUT2D eigenvalue weighted by Gasteiger charge is 2.21. The van der Waals surface area contributed by atoms with Crippen LogP contribution in [0.15, 0.2) is 59.6 Å². The number of pyridine rings is 1. The summed E-state index contributed by atoms with van der Waals surface area (Å²) in [6.07, 6.45) is 0. The lowest BCUT2D eigenvalue weighted by Gasteiger charge is -2.13. The van der Waals surface area contributed by atoms with Gasteiger partial charge in [0.1, 0.15) is 34.3 Å². The smallest absolute Gasteiger partial charge is 0.176 e. The number of hydrogen-bond donors (Lipinski definition) is 1. The van der Waals surface area contributed by atoms with Gasteiger partial charge in [0.15, 0.2) is 5.78 Å². The van der Waals surface area contributed by atoms with Gasteiger partial charge in [0, 0.05) is 5.56 Å². The van der Waals surface area contributed by atoms with Gasteiger partial charge in [-0.05, 0) is 17.7 Å². The Balaban J connectivity index is 2.01. The number of methoxy groups -OCH3 is 1. The van der Waals surface area contributed by atoms with Gasteiger partial charge in [0.05, 0.1) is 24.0 Å². The highest BCUT2D eigenvalue weighted by atomic mass is 32.2. The zero-order chi connectivity index (χ0) is 20.8. The van der Waals surface area contributed by atoms with Gasteiger partial charge in [-0.3, -0.25) is 4.79 Å². The van der Waals surface area contributed by atoms with Crippen molar-refractivity contribution in [3.63, 3.8) is 0 Å². The summed E-state index contributed by atoms with van der Waals surface area (Å²) in [6.45, 7) is 0. The monoisotopic (exact) mass is 400 g/mol. The highest BCUT2D eigenvalue weighted by Crippen LogP contribution is 2.35. The third-order valence-corrected chi connectivity index (χ3v) is 5.20. The summed E-state index contributed by atoms with van der Waals surface area (Å²) >= 11 is 1.11. The summed E-state index contributed by atoms with van der Waals surface area (Å²) in [4.78, 5) is 16.9. The van der Waals surface area contributed by atoms with Crippen LogP contribution >= 0.6 is 11.8 Å². The fourth-order valence-electron chi connectivity index (χ4n) is 2.88. The summed E-state index contributed by atoms with van der Waals surface area (Å²) in [5.41, 5.74) is 7.93. The molecule has 1 heterocycles. The molecule has 0 aliphatic heterocycles. The fourth-order valence-corrected chi connectivity index (χ4v) is 3.76. The molecule has 0 bridgehead atoms. The van der Waals surface area contributed by atoms with Gasteiger partial charge >= 0.3 is 0 Å². The van der Waals surface area contributed by atoms with E-state index in [2.05, 4.69) is 11.1 Å². The van der Waals surface area contributed by atoms with Crippen molar-refractivity contribution in [2.45, 2.75) is 5.03 Å². The van der Waals surface area contributed by atoms with E-state index < -0.39 is 0 Å². The number of carbonyl (C=O) groups is 1. The number of carbonyl (C=O) groups excluding carboxylic acids is 1. The Morgan fingerprint density at radius 2 is 1.72 bits per heavy atom. The van der Waals surface area contributed by atoms with E-state index in [9.17, 15) is 15.3 Å². The van der Waals surface area contributed by atoms with Crippen molar-refractivity contribution in [2.24, 2.45) is 0 Å². The molecule has 7 heteroatoms. The number of Topliss-reactive ketones (excluding diaryl/α,β-unsaturated/α-hetero) is 1. The first-order chi connectivity index (χ1) is 14.1. The third-order valence-electron chi connectivity index (χ3n) is 4.23. The lowest BCUT2D eigenvalue weighted by molar-refractivity contribution is 0.101. The molecular formula is C22H16N4O2S. The van der Waals surface area contributed by atoms with Crippen LogP contribution in [0.1, 0.15) is 21.5 Å². The Labute approximate surface area is 172 Å². The van der Waals surface area contributed by atoms with Crippen LogP contribution in [-0.4, -0.2) is 23.6 Å². The van der Waals surface area contributed by atoms with Crippen molar-refractivity contribution in [3.8, 4) is 29.0 Å². The van der Waals surface area contributed by atoms with Gasteiger partial charge in [0.25, 0.3) is 0 Å². The minimum absolute atomic E-state index is 0.0255. The molecule has 0 radical (unpaired) electrons.